The highest BCUT2D eigenvalue weighted by Crippen LogP contribution is 2.22. The van der Waals surface area contributed by atoms with Gasteiger partial charge in [0.05, 0.1) is 0 Å². The summed E-state index contributed by atoms with van der Waals surface area (Å²) in [6.07, 6.45) is 21.1. The number of carbonyl (C=O) groups is 2. The molecule has 0 aromatic heterocycles. The highest BCUT2D eigenvalue weighted by Gasteiger charge is 2.08. The first-order valence-corrected chi connectivity index (χ1v) is 14.8. The summed E-state index contributed by atoms with van der Waals surface area (Å²) in [4.78, 5) is 24.2. The van der Waals surface area contributed by atoms with Gasteiger partial charge in [0.2, 0.25) is 0 Å². The average Bonchev–Trinajstić information content (AvgIpc) is 2.94. The van der Waals surface area contributed by atoms with Crippen LogP contribution in [0.3, 0.4) is 0 Å². The number of urea groups is 1. The second-order valence-corrected chi connectivity index (χ2v) is 10.3. The van der Waals surface area contributed by atoms with Crippen LogP contribution in [0.2, 0.25) is 0 Å². The van der Waals surface area contributed by atoms with Crippen molar-refractivity contribution in [3.8, 4) is 16.9 Å². The van der Waals surface area contributed by atoms with Gasteiger partial charge >= 0.3 is 6.03 Å². The number of hydrogen-bond donors (Lipinski definition) is 4. The Kier molecular flexibility index (Phi) is 16.4. The number of hydrogen-bond acceptors (Lipinski definition) is 3. The first-order valence-electron chi connectivity index (χ1n) is 14.8. The maximum atomic E-state index is 12.3. The zero-order chi connectivity index (χ0) is 27.3. The van der Waals surface area contributed by atoms with Crippen LogP contribution in [0.1, 0.15) is 120 Å². The molecule has 0 atom stereocenters. The van der Waals surface area contributed by atoms with E-state index in [9.17, 15) is 14.7 Å². The van der Waals surface area contributed by atoms with Crippen molar-refractivity contribution in [2.75, 3.05) is 6.54 Å². The van der Waals surface area contributed by atoms with E-state index >= 15 is 0 Å². The van der Waals surface area contributed by atoms with E-state index in [0.29, 0.717) is 12.1 Å². The molecule has 3 amide bonds. The van der Waals surface area contributed by atoms with Crippen molar-refractivity contribution in [2.45, 2.75) is 110 Å². The first-order chi connectivity index (χ1) is 18.6. The van der Waals surface area contributed by atoms with Crippen molar-refractivity contribution in [1.29, 1.82) is 0 Å². The Labute approximate surface area is 230 Å². The fourth-order valence-corrected chi connectivity index (χ4v) is 4.57. The fourth-order valence-electron chi connectivity index (χ4n) is 4.57. The van der Waals surface area contributed by atoms with Gasteiger partial charge in [-0.15, -0.1) is 0 Å². The number of nitrogens with one attached hydrogen (secondary N) is 3. The summed E-state index contributed by atoms with van der Waals surface area (Å²) >= 11 is 0. The summed E-state index contributed by atoms with van der Waals surface area (Å²) < 4.78 is 0. The Morgan fingerprint density at radius 3 is 1.47 bits per heavy atom. The zero-order valence-electron chi connectivity index (χ0n) is 23.4. The van der Waals surface area contributed by atoms with Gasteiger partial charge in [0.15, 0.2) is 0 Å². The van der Waals surface area contributed by atoms with E-state index in [4.69, 9.17) is 0 Å². The lowest BCUT2D eigenvalue weighted by Crippen LogP contribution is -2.47. The molecule has 0 spiro atoms. The van der Waals surface area contributed by atoms with Gasteiger partial charge in [0.1, 0.15) is 5.75 Å². The Morgan fingerprint density at radius 1 is 0.579 bits per heavy atom. The van der Waals surface area contributed by atoms with Gasteiger partial charge in [0.25, 0.3) is 5.91 Å². The van der Waals surface area contributed by atoms with Gasteiger partial charge in [0, 0.05) is 12.1 Å². The monoisotopic (exact) mass is 523 g/mol. The van der Waals surface area contributed by atoms with Crippen LogP contribution in [0.15, 0.2) is 48.5 Å². The Bertz CT molecular complexity index is 897. The summed E-state index contributed by atoms with van der Waals surface area (Å²) in [5.74, 6) is -0.163. The molecular formula is C32H49N3O3. The molecule has 0 aliphatic rings. The summed E-state index contributed by atoms with van der Waals surface area (Å²) in [5, 5.41) is 12.2. The first kappa shape index (κ1) is 31.2. The minimum atomic E-state index is -0.403. The molecule has 6 heteroatoms. The van der Waals surface area contributed by atoms with Crippen LogP contribution in [0.5, 0.6) is 5.75 Å². The molecule has 0 unspecified atom stereocenters. The highest BCUT2D eigenvalue weighted by atomic mass is 16.3. The van der Waals surface area contributed by atoms with Gasteiger partial charge in [-0.1, -0.05) is 128 Å². The van der Waals surface area contributed by atoms with Crippen LogP contribution in [0.25, 0.3) is 11.1 Å². The van der Waals surface area contributed by atoms with E-state index in [1.54, 1.807) is 24.3 Å². The van der Waals surface area contributed by atoms with Gasteiger partial charge in [-0.2, -0.15) is 0 Å². The SMILES string of the molecule is CCCCCCCCCCCCCCCCCCNC(=O)NNC(=O)c1ccc(-c2ccc(O)cc2)cc1. The number of unbranched alkanes of at least 4 members (excludes halogenated alkanes) is 15. The van der Waals surface area contributed by atoms with Gasteiger partial charge < -0.3 is 10.4 Å². The van der Waals surface area contributed by atoms with Crippen LogP contribution < -0.4 is 16.2 Å². The number of rotatable bonds is 19. The summed E-state index contributed by atoms with van der Waals surface area (Å²) in [6, 6.07) is 13.5. The number of aromatic hydroxyl groups is 1. The molecule has 0 radical (unpaired) electrons. The lowest BCUT2D eigenvalue weighted by atomic mass is 10.0. The molecule has 4 N–H and O–H groups in total. The molecular weight excluding hydrogens is 474 g/mol. The molecule has 2 rings (SSSR count). The van der Waals surface area contributed by atoms with Crippen molar-refractivity contribution in [3.63, 3.8) is 0 Å². The number of phenolic OH excluding ortho intramolecular Hbond substituents is 1. The Balaban J connectivity index is 1.40. The molecule has 2 aromatic carbocycles. The molecule has 6 nitrogen and oxygen atoms in total. The van der Waals surface area contributed by atoms with E-state index in [2.05, 4.69) is 23.1 Å². The Hall–Kier alpha value is -3.02. The summed E-state index contributed by atoms with van der Waals surface area (Å²) in [6.45, 7) is 2.87. The number of benzene rings is 2. The quantitative estimate of drug-likeness (QED) is 0.110. The molecule has 210 valence electrons. The van der Waals surface area contributed by atoms with Crippen LogP contribution in [0, 0.1) is 0 Å². The molecule has 0 saturated carbocycles. The average molecular weight is 524 g/mol. The lowest BCUT2D eigenvalue weighted by Gasteiger charge is -2.09. The van der Waals surface area contributed by atoms with Gasteiger partial charge in [-0.05, 0) is 41.8 Å². The van der Waals surface area contributed by atoms with Crippen LogP contribution in [-0.2, 0) is 0 Å². The smallest absolute Gasteiger partial charge is 0.333 e. The summed E-state index contributed by atoms with van der Waals surface area (Å²) in [7, 11) is 0. The van der Waals surface area contributed by atoms with Crippen molar-refractivity contribution < 1.29 is 14.7 Å². The maximum Gasteiger partial charge on any atom is 0.333 e. The normalized spacial score (nSPS) is 10.8. The van der Waals surface area contributed by atoms with E-state index < -0.39 is 6.03 Å². The lowest BCUT2D eigenvalue weighted by molar-refractivity contribution is 0.0936. The van der Waals surface area contributed by atoms with E-state index in [0.717, 1.165) is 24.0 Å². The van der Waals surface area contributed by atoms with Crippen molar-refractivity contribution >= 4 is 11.9 Å². The van der Waals surface area contributed by atoms with Crippen molar-refractivity contribution in [2.24, 2.45) is 0 Å². The Morgan fingerprint density at radius 2 is 1.00 bits per heavy atom. The van der Waals surface area contributed by atoms with Crippen LogP contribution in [-0.4, -0.2) is 23.6 Å². The number of carbonyl (C=O) groups excluding carboxylic acids is 2. The fraction of sp³-hybridized carbons (Fsp3) is 0.562. The molecule has 0 fully saturated rings. The standard InChI is InChI=1S/C32H49N3O3/c1-2-3-4-5-6-7-8-9-10-11-12-13-14-15-16-17-26-33-32(38)35-34-31(37)29-20-18-27(19-21-29)28-22-24-30(36)25-23-28/h18-25,36H,2-17,26H2,1H3,(H,34,37)(H2,33,35,38). The molecule has 0 heterocycles. The van der Waals surface area contributed by atoms with Crippen LogP contribution in [0.4, 0.5) is 4.79 Å². The van der Waals surface area contributed by atoms with Crippen LogP contribution >= 0.6 is 0 Å². The minimum Gasteiger partial charge on any atom is -0.508 e. The predicted octanol–water partition coefficient (Wildman–Crippen LogP) is 8.26. The van der Waals surface area contributed by atoms with Gasteiger partial charge in [-0.3, -0.25) is 10.2 Å². The molecule has 38 heavy (non-hydrogen) atoms. The van der Waals surface area contributed by atoms with E-state index in [1.165, 1.54) is 89.9 Å². The van der Waals surface area contributed by atoms with Crippen molar-refractivity contribution in [3.05, 3.63) is 54.1 Å². The summed E-state index contributed by atoms with van der Waals surface area (Å²) in [5.41, 5.74) is 7.18. The number of amides is 3. The maximum absolute atomic E-state index is 12.3. The van der Waals surface area contributed by atoms with E-state index in [-0.39, 0.29) is 11.7 Å². The van der Waals surface area contributed by atoms with Crippen molar-refractivity contribution in [1.82, 2.24) is 16.2 Å². The minimum absolute atomic E-state index is 0.212. The third-order valence-electron chi connectivity index (χ3n) is 6.95. The molecule has 0 bridgehead atoms. The van der Waals surface area contributed by atoms with E-state index in [1.807, 2.05) is 24.3 Å². The topological polar surface area (TPSA) is 90.5 Å². The molecule has 2 aromatic rings. The largest absolute Gasteiger partial charge is 0.508 e. The third-order valence-corrected chi connectivity index (χ3v) is 6.95. The second kappa shape index (κ2) is 20.0. The molecule has 0 aliphatic carbocycles. The second-order valence-electron chi connectivity index (χ2n) is 10.3. The van der Waals surface area contributed by atoms with Gasteiger partial charge in [-0.25, -0.2) is 10.2 Å². The highest BCUT2D eigenvalue weighted by molar-refractivity contribution is 5.95. The third kappa shape index (κ3) is 14.1. The zero-order valence-corrected chi connectivity index (χ0v) is 23.4. The molecule has 0 saturated heterocycles. The molecule has 0 aliphatic heterocycles. The predicted molar refractivity (Wildman–Crippen MR) is 157 cm³/mol. The number of phenols is 1. The number of hydrazine groups is 1.